The van der Waals surface area contributed by atoms with E-state index in [9.17, 15) is 0 Å². The first-order valence-electron chi connectivity index (χ1n) is 9.14. The first-order valence-corrected chi connectivity index (χ1v) is 9.89. The predicted octanol–water partition coefficient (Wildman–Crippen LogP) is 3.37. The highest BCUT2D eigenvalue weighted by atomic mass is 79.9. The summed E-state index contributed by atoms with van der Waals surface area (Å²) in [6, 6.07) is 12.8. The molecule has 5 heteroatoms. The van der Waals surface area contributed by atoms with E-state index in [1.807, 2.05) is 4.57 Å². The molecule has 1 aromatic heterocycles. The molecular formula is C21H25BrCl2N2. The topological polar surface area (TPSA) is 8.81 Å². The van der Waals surface area contributed by atoms with Crippen LogP contribution in [0.4, 0.5) is 0 Å². The second-order valence-electron chi connectivity index (χ2n) is 6.47. The molecule has 0 amide bonds. The summed E-state index contributed by atoms with van der Waals surface area (Å²) in [6.45, 7) is 5.30. The van der Waals surface area contributed by atoms with Crippen molar-refractivity contribution in [3.05, 3.63) is 58.6 Å². The lowest BCUT2D eigenvalue weighted by Crippen LogP contribution is -3.00. The molecule has 2 aromatic carbocycles. The van der Waals surface area contributed by atoms with Crippen LogP contribution >= 0.6 is 23.2 Å². The third-order valence-electron chi connectivity index (χ3n) is 4.75. The molecule has 1 heterocycles. The van der Waals surface area contributed by atoms with Crippen molar-refractivity contribution in [2.45, 2.75) is 52.5 Å². The average molecular weight is 456 g/mol. The van der Waals surface area contributed by atoms with E-state index >= 15 is 0 Å². The van der Waals surface area contributed by atoms with Crippen LogP contribution in [0.2, 0.25) is 10.3 Å². The lowest BCUT2D eigenvalue weighted by molar-refractivity contribution is -0.694. The molecule has 0 saturated carbocycles. The Hall–Kier alpha value is -1.03. The second-order valence-corrected chi connectivity index (χ2v) is 7.19. The van der Waals surface area contributed by atoms with E-state index < -0.39 is 0 Å². The Balaban J connectivity index is 0.00000243. The van der Waals surface area contributed by atoms with Gasteiger partial charge in [-0.15, -0.1) is 0 Å². The third kappa shape index (κ3) is 4.27. The minimum atomic E-state index is 0. The van der Waals surface area contributed by atoms with Crippen molar-refractivity contribution in [1.29, 1.82) is 0 Å². The van der Waals surface area contributed by atoms with E-state index in [1.165, 1.54) is 35.6 Å². The Morgan fingerprint density at radius 3 is 2.46 bits per heavy atom. The van der Waals surface area contributed by atoms with Crippen LogP contribution in [0.15, 0.2) is 42.7 Å². The molecule has 0 fully saturated rings. The zero-order valence-corrected chi connectivity index (χ0v) is 18.4. The summed E-state index contributed by atoms with van der Waals surface area (Å²) in [5.74, 6) is 0. The van der Waals surface area contributed by atoms with Crippen LogP contribution in [0.1, 0.15) is 45.1 Å². The summed E-state index contributed by atoms with van der Waals surface area (Å²) in [4.78, 5) is 0. The Bertz CT molecular complexity index is 874. The minimum Gasteiger partial charge on any atom is -1.00 e. The molecule has 0 bridgehead atoms. The lowest BCUT2D eigenvalue weighted by Gasteiger charge is -2.09. The van der Waals surface area contributed by atoms with Crippen molar-refractivity contribution >= 4 is 34.0 Å². The van der Waals surface area contributed by atoms with Gasteiger partial charge in [0.25, 0.3) is 16.6 Å². The number of aryl methyl sites for hydroxylation is 2. The fraction of sp³-hybridized carbons (Fsp3) is 0.381. The summed E-state index contributed by atoms with van der Waals surface area (Å²) in [5.41, 5.74) is 2.41. The highest BCUT2D eigenvalue weighted by Crippen LogP contribution is 2.31. The van der Waals surface area contributed by atoms with Crippen LogP contribution in [0.5, 0.6) is 0 Å². The first-order chi connectivity index (χ1) is 12.2. The van der Waals surface area contributed by atoms with Gasteiger partial charge in [0, 0.05) is 5.39 Å². The van der Waals surface area contributed by atoms with Gasteiger partial charge >= 0.3 is 0 Å². The Kier molecular flexibility index (Phi) is 8.00. The van der Waals surface area contributed by atoms with Gasteiger partial charge in [-0.25, -0.2) is 4.57 Å². The quantitative estimate of drug-likeness (QED) is 0.381. The summed E-state index contributed by atoms with van der Waals surface area (Å²) in [6.07, 6.45) is 7.83. The Labute approximate surface area is 176 Å². The van der Waals surface area contributed by atoms with Crippen molar-refractivity contribution in [3.8, 4) is 5.69 Å². The van der Waals surface area contributed by atoms with E-state index in [0.29, 0.717) is 10.3 Å². The fourth-order valence-electron chi connectivity index (χ4n) is 3.35. The van der Waals surface area contributed by atoms with E-state index in [0.717, 1.165) is 25.1 Å². The second kappa shape index (κ2) is 9.77. The van der Waals surface area contributed by atoms with Crippen LogP contribution < -0.4 is 21.5 Å². The molecule has 0 N–H and O–H groups in total. The number of hydrogen-bond acceptors (Lipinski definition) is 0. The van der Waals surface area contributed by atoms with Gasteiger partial charge in [-0.2, -0.15) is 4.57 Å². The average Bonchev–Trinajstić information content (AvgIpc) is 2.92. The van der Waals surface area contributed by atoms with Crippen LogP contribution in [-0.4, -0.2) is 4.57 Å². The van der Waals surface area contributed by atoms with Gasteiger partial charge < -0.3 is 17.0 Å². The smallest absolute Gasteiger partial charge is 0.260 e. The van der Waals surface area contributed by atoms with Crippen LogP contribution in [0.3, 0.4) is 0 Å². The summed E-state index contributed by atoms with van der Waals surface area (Å²) in [5, 5.41) is 3.62. The summed E-state index contributed by atoms with van der Waals surface area (Å²) >= 11 is 13.2. The number of rotatable bonds is 7. The summed E-state index contributed by atoms with van der Waals surface area (Å²) in [7, 11) is 0. The first kappa shape index (κ1) is 21.3. The monoisotopic (exact) mass is 454 g/mol. The highest BCUT2D eigenvalue weighted by Gasteiger charge is 2.24. The van der Waals surface area contributed by atoms with Crippen molar-refractivity contribution in [2.24, 2.45) is 0 Å². The van der Waals surface area contributed by atoms with Crippen molar-refractivity contribution in [3.63, 3.8) is 0 Å². The molecule has 0 atom stereocenters. The number of unbranched alkanes of at least 4 members (excludes halogenated alkanes) is 3. The van der Waals surface area contributed by atoms with Gasteiger partial charge in [0.05, 0.1) is 6.54 Å². The molecule has 0 aliphatic carbocycles. The molecule has 0 unspecified atom stereocenters. The van der Waals surface area contributed by atoms with Crippen LogP contribution in [0.25, 0.3) is 16.5 Å². The molecule has 140 valence electrons. The molecule has 0 aliphatic heterocycles. The molecule has 2 nitrogen and oxygen atoms in total. The van der Waals surface area contributed by atoms with Gasteiger partial charge in [0.15, 0.2) is 0 Å². The van der Waals surface area contributed by atoms with Gasteiger partial charge in [0.1, 0.15) is 5.69 Å². The molecule has 26 heavy (non-hydrogen) atoms. The molecule has 0 saturated heterocycles. The maximum Gasteiger partial charge on any atom is 0.260 e. The molecule has 3 rings (SSSR count). The van der Waals surface area contributed by atoms with Crippen molar-refractivity contribution in [2.75, 3.05) is 0 Å². The number of nitrogens with zero attached hydrogens (tertiary/aromatic N) is 2. The van der Waals surface area contributed by atoms with Gasteiger partial charge in [-0.3, -0.25) is 0 Å². The highest BCUT2D eigenvalue weighted by molar-refractivity contribution is 6.40. The molecule has 0 spiro atoms. The largest absolute Gasteiger partial charge is 1.00 e. The predicted molar refractivity (Wildman–Crippen MR) is 107 cm³/mol. The third-order valence-corrected chi connectivity index (χ3v) is 5.60. The number of halogens is 3. The Morgan fingerprint density at radius 2 is 1.73 bits per heavy atom. The van der Waals surface area contributed by atoms with Crippen LogP contribution in [0, 0.1) is 0 Å². The van der Waals surface area contributed by atoms with E-state index in [4.69, 9.17) is 23.2 Å². The maximum atomic E-state index is 6.63. The van der Waals surface area contributed by atoms with Crippen molar-refractivity contribution in [1.82, 2.24) is 4.57 Å². The van der Waals surface area contributed by atoms with Gasteiger partial charge in [0.2, 0.25) is 0 Å². The van der Waals surface area contributed by atoms with Crippen molar-refractivity contribution < 1.29 is 21.5 Å². The molecular weight excluding hydrogens is 431 g/mol. The lowest BCUT2D eigenvalue weighted by atomic mass is 10.0. The molecule has 0 radical (unpaired) electrons. The van der Waals surface area contributed by atoms with Gasteiger partial charge in [-0.1, -0.05) is 63.1 Å². The number of hydrogen-bond donors (Lipinski definition) is 0. The SMILES string of the molecule is CCCCCC[n+]1cn(-c2c(CC)ccc3ccccc23)c(Cl)c1Cl.[Br-]. The number of imidazole rings is 1. The zero-order valence-electron chi connectivity index (χ0n) is 15.3. The fourth-order valence-corrected chi connectivity index (χ4v) is 3.81. The van der Waals surface area contributed by atoms with E-state index in [-0.39, 0.29) is 17.0 Å². The van der Waals surface area contributed by atoms with Crippen LogP contribution in [-0.2, 0) is 13.0 Å². The minimum absolute atomic E-state index is 0. The van der Waals surface area contributed by atoms with E-state index in [1.54, 1.807) is 0 Å². The Morgan fingerprint density at radius 1 is 0.962 bits per heavy atom. The molecule has 0 aliphatic rings. The zero-order chi connectivity index (χ0) is 17.8. The van der Waals surface area contributed by atoms with E-state index in [2.05, 4.69) is 61.1 Å². The molecule has 3 aromatic rings. The normalized spacial score (nSPS) is 10.9. The number of benzene rings is 2. The standard InChI is InChI=1S/C21H25Cl2N2.BrH/c1-3-5-6-9-14-24-15-25(21(23)20(24)22)19-16(4-2)12-13-17-10-7-8-11-18(17)19;/h7-8,10-13,15H,3-6,9,14H2,1-2H3;1H/q+1;/p-1. The maximum absolute atomic E-state index is 6.63. The van der Waals surface area contributed by atoms with Gasteiger partial charge in [-0.05, 0) is 53.4 Å². The number of fused-ring (bicyclic) bond motifs is 1. The summed E-state index contributed by atoms with van der Waals surface area (Å²) < 4.78 is 4.12. The number of aromatic nitrogens is 2.